The largest absolute Gasteiger partial charge is 0.246 e. The summed E-state index contributed by atoms with van der Waals surface area (Å²) in [5.74, 6) is 0. The average Bonchev–Trinajstić information content (AvgIpc) is 3.56. The highest BCUT2D eigenvalue weighted by Crippen LogP contribution is 2.51. The van der Waals surface area contributed by atoms with Crippen molar-refractivity contribution in [1.29, 1.82) is 0 Å². The first-order valence-electron chi connectivity index (χ1n) is 18.2. The molecule has 0 fully saturated rings. The van der Waals surface area contributed by atoms with Crippen LogP contribution in [0.25, 0.3) is 78.1 Å². The molecule has 10 rings (SSSR count). The fourth-order valence-corrected chi connectivity index (χ4v) is 8.77. The molecule has 0 unspecified atom stereocenters. The fraction of sp³-hybridized carbons (Fsp3) is 0.120. The summed E-state index contributed by atoms with van der Waals surface area (Å²) in [7, 11) is 0. The van der Waals surface area contributed by atoms with Gasteiger partial charge in [-0.25, -0.2) is 9.97 Å². The Hall–Kier alpha value is -6.12. The van der Waals surface area contributed by atoms with Gasteiger partial charge in [-0.1, -0.05) is 149 Å². The van der Waals surface area contributed by atoms with Gasteiger partial charge >= 0.3 is 0 Å². The summed E-state index contributed by atoms with van der Waals surface area (Å²) in [5, 5.41) is 0. The van der Waals surface area contributed by atoms with E-state index in [1.807, 2.05) is 0 Å². The van der Waals surface area contributed by atoms with Crippen LogP contribution in [0.15, 0.2) is 158 Å². The summed E-state index contributed by atoms with van der Waals surface area (Å²) in [6.07, 6.45) is 0. The molecule has 8 aromatic rings. The molecule has 2 nitrogen and oxygen atoms in total. The zero-order valence-corrected chi connectivity index (χ0v) is 29.9. The average molecular weight is 667 g/mol. The highest BCUT2D eigenvalue weighted by molar-refractivity contribution is 5.86. The molecule has 2 heteroatoms. The Bertz CT molecular complexity index is 2520. The van der Waals surface area contributed by atoms with Crippen LogP contribution in [0.1, 0.15) is 49.9 Å². The van der Waals surface area contributed by atoms with E-state index in [-0.39, 0.29) is 10.8 Å². The molecule has 2 aromatic heterocycles. The lowest BCUT2D eigenvalue weighted by Crippen LogP contribution is -2.14. The Morgan fingerprint density at radius 3 is 1.08 bits per heavy atom. The lowest BCUT2D eigenvalue weighted by Gasteiger charge is -2.22. The molecule has 0 N–H and O–H groups in total. The monoisotopic (exact) mass is 666 g/mol. The van der Waals surface area contributed by atoms with Gasteiger partial charge in [0.15, 0.2) is 0 Å². The second-order valence-electron chi connectivity index (χ2n) is 15.4. The molecule has 0 spiro atoms. The summed E-state index contributed by atoms with van der Waals surface area (Å²) in [4.78, 5) is 10.0. The van der Waals surface area contributed by atoms with E-state index in [4.69, 9.17) is 9.97 Å². The SMILES string of the molecule is CC1(C)c2ccccc2-c2ccc(-c3ccc(-c4ccc5nc(-c6ccc(-c7ccc8c(c7)C(C)(C)c7ccccc7-8)cc6)ccc5n4)cc3)cc21. The van der Waals surface area contributed by atoms with Crippen molar-refractivity contribution < 1.29 is 0 Å². The van der Waals surface area contributed by atoms with Crippen molar-refractivity contribution in [2.75, 3.05) is 0 Å². The highest BCUT2D eigenvalue weighted by atomic mass is 14.8. The maximum atomic E-state index is 5.02. The topological polar surface area (TPSA) is 25.8 Å². The van der Waals surface area contributed by atoms with Crippen LogP contribution in [-0.4, -0.2) is 9.97 Å². The molecule has 248 valence electrons. The molecule has 0 radical (unpaired) electrons. The van der Waals surface area contributed by atoms with Gasteiger partial charge in [-0.3, -0.25) is 0 Å². The number of rotatable bonds is 4. The van der Waals surface area contributed by atoms with E-state index in [2.05, 4.69) is 185 Å². The molecule has 0 saturated carbocycles. The molecule has 0 bridgehead atoms. The van der Waals surface area contributed by atoms with Crippen molar-refractivity contribution in [1.82, 2.24) is 9.97 Å². The van der Waals surface area contributed by atoms with Gasteiger partial charge in [0.05, 0.1) is 22.4 Å². The zero-order valence-electron chi connectivity index (χ0n) is 29.9. The molecule has 52 heavy (non-hydrogen) atoms. The van der Waals surface area contributed by atoms with E-state index in [0.29, 0.717) is 0 Å². The number of fused-ring (bicyclic) bond motifs is 7. The third kappa shape index (κ3) is 4.64. The van der Waals surface area contributed by atoms with Gasteiger partial charge in [-0.05, 0) is 103 Å². The number of aromatic nitrogens is 2. The Kier molecular flexibility index (Phi) is 6.60. The van der Waals surface area contributed by atoms with Crippen LogP contribution in [0.2, 0.25) is 0 Å². The van der Waals surface area contributed by atoms with Gasteiger partial charge in [0.1, 0.15) is 0 Å². The number of nitrogens with zero attached hydrogens (tertiary/aromatic N) is 2. The van der Waals surface area contributed by atoms with Gasteiger partial charge < -0.3 is 0 Å². The molecule has 0 saturated heterocycles. The van der Waals surface area contributed by atoms with E-state index in [9.17, 15) is 0 Å². The Balaban J connectivity index is 0.887. The minimum absolute atomic E-state index is 0.0115. The van der Waals surface area contributed by atoms with E-state index in [1.54, 1.807) is 0 Å². The van der Waals surface area contributed by atoms with Gasteiger partial charge in [0.25, 0.3) is 0 Å². The van der Waals surface area contributed by atoms with Crippen LogP contribution >= 0.6 is 0 Å². The minimum atomic E-state index is -0.0115. The summed E-state index contributed by atoms with van der Waals surface area (Å²) >= 11 is 0. The van der Waals surface area contributed by atoms with E-state index in [1.165, 1.54) is 66.8 Å². The first-order valence-corrected chi connectivity index (χ1v) is 18.2. The molecule has 2 aliphatic carbocycles. The number of hydrogen-bond acceptors (Lipinski definition) is 2. The molecule has 2 aliphatic rings. The van der Waals surface area contributed by atoms with E-state index in [0.717, 1.165) is 33.5 Å². The quantitative estimate of drug-likeness (QED) is 0.187. The van der Waals surface area contributed by atoms with Crippen LogP contribution in [0.3, 0.4) is 0 Å². The third-order valence-electron chi connectivity index (χ3n) is 11.7. The molecular weight excluding hydrogens is 629 g/mol. The maximum absolute atomic E-state index is 5.02. The Labute approximate surface area is 305 Å². The van der Waals surface area contributed by atoms with Crippen LogP contribution in [0, 0.1) is 0 Å². The standard InChI is InChI=1S/C50H38N2/c1-49(2)41-11-7-5-9-37(41)39-23-21-35(29-43(39)49)31-13-17-33(18-14-31)45-25-27-48-47(51-45)28-26-46(52-48)34-19-15-32(16-20-34)36-22-24-40-38-10-6-8-12-42(38)50(3,4)44(40)30-36/h5-30H,1-4H3. The highest BCUT2D eigenvalue weighted by Gasteiger charge is 2.36. The summed E-state index contributed by atoms with van der Waals surface area (Å²) < 4.78 is 0. The van der Waals surface area contributed by atoms with Crippen LogP contribution in [0.4, 0.5) is 0 Å². The summed E-state index contributed by atoms with van der Waals surface area (Å²) in [6, 6.07) is 57.4. The van der Waals surface area contributed by atoms with Gasteiger partial charge in [0.2, 0.25) is 0 Å². The van der Waals surface area contributed by atoms with Gasteiger partial charge in [0, 0.05) is 22.0 Å². The Morgan fingerprint density at radius 1 is 0.308 bits per heavy atom. The molecule has 0 atom stereocenters. The molecule has 2 heterocycles. The first kappa shape index (κ1) is 30.7. The lowest BCUT2D eigenvalue weighted by atomic mass is 9.81. The predicted octanol–water partition coefficient (Wildman–Crippen LogP) is 12.9. The van der Waals surface area contributed by atoms with Crippen LogP contribution in [-0.2, 0) is 10.8 Å². The number of benzene rings is 6. The van der Waals surface area contributed by atoms with Gasteiger partial charge in [-0.2, -0.15) is 0 Å². The van der Waals surface area contributed by atoms with E-state index >= 15 is 0 Å². The minimum Gasteiger partial charge on any atom is -0.246 e. The predicted molar refractivity (Wildman–Crippen MR) is 216 cm³/mol. The maximum Gasteiger partial charge on any atom is 0.0894 e. The molecule has 0 aliphatic heterocycles. The lowest BCUT2D eigenvalue weighted by molar-refractivity contribution is 0.660. The zero-order chi connectivity index (χ0) is 35.2. The second kappa shape index (κ2) is 11.2. The van der Waals surface area contributed by atoms with Crippen molar-refractivity contribution >= 4 is 11.0 Å². The molecular formula is C50H38N2. The van der Waals surface area contributed by atoms with Crippen molar-refractivity contribution in [2.24, 2.45) is 0 Å². The summed E-state index contributed by atoms with van der Waals surface area (Å²) in [5.41, 5.74) is 21.7. The molecule has 6 aromatic carbocycles. The normalized spacial score (nSPS) is 14.5. The number of pyridine rings is 2. The smallest absolute Gasteiger partial charge is 0.0894 e. The number of hydrogen-bond donors (Lipinski definition) is 0. The van der Waals surface area contributed by atoms with Crippen molar-refractivity contribution in [3.63, 3.8) is 0 Å². The third-order valence-corrected chi connectivity index (χ3v) is 11.7. The van der Waals surface area contributed by atoms with Gasteiger partial charge in [-0.15, -0.1) is 0 Å². The van der Waals surface area contributed by atoms with Crippen LogP contribution < -0.4 is 0 Å². The Morgan fingerprint density at radius 2 is 0.654 bits per heavy atom. The molecule has 0 amide bonds. The first-order chi connectivity index (χ1) is 25.3. The second-order valence-corrected chi connectivity index (χ2v) is 15.4. The van der Waals surface area contributed by atoms with Crippen LogP contribution in [0.5, 0.6) is 0 Å². The van der Waals surface area contributed by atoms with Crippen molar-refractivity contribution in [3.8, 4) is 67.0 Å². The van der Waals surface area contributed by atoms with Crippen molar-refractivity contribution in [2.45, 2.75) is 38.5 Å². The van der Waals surface area contributed by atoms with Crippen molar-refractivity contribution in [3.05, 3.63) is 180 Å². The summed E-state index contributed by atoms with van der Waals surface area (Å²) in [6.45, 7) is 9.33. The fourth-order valence-electron chi connectivity index (χ4n) is 8.77. The van der Waals surface area contributed by atoms with E-state index < -0.39 is 0 Å².